The summed E-state index contributed by atoms with van der Waals surface area (Å²) in [6.07, 6.45) is 8.66. The SMILES string of the molecule is NC1CCCCC1C=Nc1nc(Nc2cccc3ncccc23)c2c(=O)[nH]ncc2c1F. The number of nitrogens with two attached hydrogens (primary N) is 1. The van der Waals surface area contributed by atoms with Crippen LogP contribution in [0.4, 0.5) is 21.7 Å². The van der Waals surface area contributed by atoms with Gasteiger partial charge in [-0.1, -0.05) is 18.9 Å². The number of benzene rings is 1. The number of pyridine rings is 2. The van der Waals surface area contributed by atoms with E-state index in [0.717, 1.165) is 36.6 Å². The van der Waals surface area contributed by atoms with Crippen LogP contribution in [0.5, 0.6) is 0 Å². The van der Waals surface area contributed by atoms with Crippen molar-refractivity contribution in [2.75, 3.05) is 5.32 Å². The Hall–Kier alpha value is -3.72. The summed E-state index contributed by atoms with van der Waals surface area (Å²) < 4.78 is 15.2. The average Bonchev–Trinajstić information content (AvgIpc) is 2.81. The minimum atomic E-state index is -0.690. The van der Waals surface area contributed by atoms with Crippen LogP contribution in [-0.4, -0.2) is 32.4 Å². The van der Waals surface area contributed by atoms with Crippen molar-refractivity contribution in [2.24, 2.45) is 16.6 Å². The Labute approximate surface area is 182 Å². The van der Waals surface area contributed by atoms with Crippen molar-refractivity contribution in [3.8, 4) is 0 Å². The number of aromatic amines is 1. The van der Waals surface area contributed by atoms with E-state index >= 15 is 4.39 Å². The summed E-state index contributed by atoms with van der Waals surface area (Å²) in [5, 5.41) is 10.3. The molecule has 0 radical (unpaired) electrons. The first-order valence-electron chi connectivity index (χ1n) is 10.6. The van der Waals surface area contributed by atoms with Gasteiger partial charge in [0, 0.05) is 35.4 Å². The smallest absolute Gasteiger partial charge is 0.275 e. The lowest BCUT2D eigenvalue weighted by Gasteiger charge is -2.25. The highest BCUT2D eigenvalue weighted by atomic mass is 19.1. The third kappa shape index (κ3) is 3.71. The van der Waals surface area contributed by atoms with Crippen molar-refractivity contribution in [2.45, 2.75) is 31.7 Å². The van der Waals surface area contributed by atoms with Gasteiger partial charge in [-0.15, -0.1) is 0 Å². The summed E-state index contributed by atoms with van der Waals surface area (Å²) >= 11 is 0. The quantitative estimate of drug-likeness (QED) is 0.420. The van der Waals surface area contributed by atoms with E-state index in [4.69, 9.17) is 5.73 Å². The van der Waals surface area contributed by atoms with Crippen LogP contribution in [0.3, 0.4) is 0 Å². The van der Waals surface area contributed by atoms with E-state index in [0.29, 0.717) is 5.69 Å². The number of aliphatic imine (C=N–C) groups is 1. The molecule has 1 aromatic carbocycles. The fourth-order valence-corrected chi connectivity index (χ4v) is 4.19. The lowest BCUT2D eigenvalue weighted by molar-refractivity contribution is 0.385. The molecular formula is C23H22FN7O. The molecule has 1 aliphatic rings. The van der Waals surface area contributed by atoms with Gasteiger partial charge in [-0.25, -0.2) is 19.5 Å². The second-order valence-electron chi connectivity index (χ2n) is 7.98. The molecule has 9 heteroatoms. The summed E-state index contributed by atoms with van der Waals surface area (Å²) in [6.45, 7) is 0. The van der Waals surface area contributed by atoms with Crippen LogP contribution in [0.15, 0.2) is 52.5 Å². The maximum Gasteiger partial charge on any atom is 0.275 e. The number of anilines is 2. The highest BCUT2D eigenvalue weighted by Gasteiger charge is 2.21. The number of halogens is 1. The second-order valence-corrected chi connectivity index (χ2v) is 7.98. The zero-order chi connectivity index (χ0) is 22.1. The van der Waals surface area contributed by atoms with Gasteiger partial charge in [-0.05, 0) is 37.1 Å². The van der Waals surface area contributed by atoms with Gasteiger partial charge < -0.3 is 11.1 Å². The van der Waals surface area contributed by atoms with Crippen molar-refractivity contribution in [3.05, 3.63) is 58.9 Å². The molecule has 2 atom stereocenters. The first-order valence-corrected chi connectivity index (χ1v) is 10.6. The molecule has 1 fully saturated rings. The first-order chi connectivity index (χ1) is 15.6. The Kier molecular flexibility index (Phi) is 5.32. The van der Waals surface area contributed by atoms with Crippen LogP contribution in [-0.2, 0) is 0 Å². The molecule has 5 rings (SSSR count). The van der Waals surface area contributed by atoms with Gasteiger partial charge in [-0.3, -0.25) is 9.78 Å². The predicted octanol–water partition coefficient (Wildman–Crippen LogP) is 3.97. The normalized spacial score (nSPS) is 19.1. The lowest BCUT2D eigenvalue weighted by atomic mass is 9.86. The number of H-pyrrole nitrogens is 1. The summed E-state index contributed by atoms with van der Waals surface area (Å²) in [6, 6.07) is 9.31. The zero-order valence-corrected chi connectivity index (χ0v) is 17.3. The number of hydrogen-bond acceptors (Lipinski definition) is 7. The molecule has 0 aliphatic heterocycles. The lowest BCUT2D eigenvalue weighted by Crippen LogP contribution is -2.33. The molecule has 32 heavy (non-hydrogen) atoms. The number of aromatic nitrogens is 4. The van der Waals surface area contributed by atoms with Crippen molar-refractivity contribution in [1.82, 2.24) is 20.2 Å². The third-order valence-corrected chi connectivity index (χ3v) is 5.91. The van der Waals surface area contributed by atoms with Crippen LogP contribution < -0.4 is 16.6 Å². The third-order valence-electron chi connectivity index (χ3n) is 5.91. The average molecular weight is 431 g/mol. The predicted molar refractivity (Wildman–Crippen MR) is 123 cm³/mol. The van der Waals surface area contributed by atoms with Gasteiger partial charge in [0.2, 0.25) is 0 Å². The highest BCUT2D eigenvalue weighted by Crippen LogP contribution is 2.32. The van der Waals surface area contributed by atoms with E-state index in [1.165, 1.54) is 6.20 Å². The van der Waals surface area contributed by atoms with E-state index in [2.05, 4.69) is 30.5 Å². The molecule has 3 aromatic heterocycles. The number of fused-ring (bicyclic) bond motifs is 2. The minimum Gasteiger partial charge on any atom is -0.339 e. The van der Waals surface area contributed by atoms with Crippen molar-refractivity contribution < 1.29 is 4.39 Å². The molecule has 1 aliphatic carbocycles. The topological polar surface area (TPSA) is 122 Å². The Morgan fingerprint density at radius 3 is 2.94 bits per heavy atom. The van der Waals surface area contributed by atoms with E-state index in [-0.39, 0.29) is 34.4 Å². The Morgan fingerprint density at radius 1 is 1.19 bits per heavy atom. The van der Waals surface area contributed by atoms with E-state index in [1.54, 1.807) is 12.4 Å². The first kappa shape index (κ1) is 20.2. The molecule has 0 amide bonds. The molecule has 3 heterocycles. The number of nitrogens with one attached hydrogen (secondary N) is 2. The van der Waals surface area contributed by atoms with E-state index in [9.17, 15) is 4.79 Å². The maximum atomic E-state index is 15.2. The van der Waals surface area contributed by atoms with Crippen molar-refractivity contribution in [3.63, 3.8) is 0 Å². The standard InChI is InChI=1S/C23H22FN7O/c24-20-15-12-28-31-23(32)19(15)21(29-18-9-3-8-17-14(18)6-4-10-26-17)30-22(20)27-11-13-5-1-2-7-16(13)25/h3-4,6,8-13,16H,1-2,5,7,25H2,(H,29,30)(H,31,32). The van der Waals surface area contributed by atoms with Gasteiger partial charge in [0.15, 0.2) is 11.6 Å². The largest absolute Gasteiger partial charge is 0.339 e. The highest BCUT2D eigenvalue weighted by molar-refractivity contribution is 5.99. The van der Waals surface area contributed by atoms with Gasteiger partial charge in [-0.2, -0.15) is 5.10 Å². The van der Waals surface area contributed by atoms with Crippen LogP contribution in [0, 0.1) is 11.7 Å². The van der Waals surface area contributed by atoms with Crippen molar-refractivity contribution >= 4 is 45.2 Å². The number of hydrogen-bond donors (Lipinski definition) is 3. The Balaban J connectivity index is 1.63. The van der Waals surface area contributed by atoms with Gasteiger partial charge >= 0.3 is 0 Å². The summed E-state index contributed by atoms with van der Waals surface area (Å²) in [5.41, 5.74) is 7.13. The Morgan fingerprint density at radius 2 is 2.06 bits per heavy atom. The molecule has 4 aromatic rings. The summed E-state index contributed by atoms with van der Waals surface area (Å²) in [4.78, 5) is 25.6. The molecule has 1 saturated carbocycles. The van der Waals surface area contributed by atoms with E-state index < -0.39 is 11.4 Å². The Bertz CT molecular complexity index is 1380. The van der Waals surface area contributed by atoms with E-state index in [1.807, 2.05) is 30.3 Å². The molecule has 162 valence electrons. The van der Waals surface area contributed by atoms with Crippen LogP contribution in [0.2, 0.25) is 0 Å². The van der Waals surface area contributed by atoms with Crippen LogP contribution in [0.25, 0.3) is 21.7 Å². The van der Waals surface area contributed by atoms with Crippen LogP contribution in [0.1, 0.15) is 25.7 Å². The fraction of sp³-hybridized carbons (Fsp3) is 0.261. The van der Waals surface area contributed by atoms with Gasteiger partial charge in [0.05, 0.1) is 22.5 Å². The molecule has 0 bridgehead atoms. The molecular weight excluding hydrogens is 409 g/mol. The monoisotopic (exact) mass is 431 g/mol. The maximum absolute atomic E-state index is 15.2. The minimum absolute atomic E-state index is 0.00121. The summed E-state index contributed by atoms with van der Waals surface area (Å²) in [7, 11) is 0. The van der Waals surface area contributed by atoms with Crippen molar-refractivity contribution in [1.29, 1.82) is 0 Å². The molecule has 8 nitrogen and oxygen atoms in total. The van der Waals surface area contributed by atoms with Gasteiger partial charge in [0.1, 0.15) is 5.82 Å². The van der Waals surface area contributed by atoms with Gasteiger partial charge in [0.25, 0.3) is 5.56 Å². The molecule has 0 saturated heterocycles. The second kappa shape index (κ2) is 8.43. The molecule has 2 unspecified atom stereocenters. The van der Waals surface area contributed by atoms with Crippen LogP contribution >= 0.6 is 0 Å². The number of rotatable bonds is 4. The summed E-state index contributed by atoms with van der Waals surface area (Å²) in [5.74, 6) is -0.534. The number of nitrogens with zero attached hydrogens (tertiary/aromatic N) is 4. The molecule has 0 spiro atoms. The zero-order valence-electron chi connectivity index (χ0n) is 17.3. The molecule has 4 N–H and O–H groups in total. The fourth-order valence-electron chi connectivity index (χ4n) is 4.19.